The molecule has 0 unspecified atom stereocenters. The van der Waals surface area contributed by atoms with Gasteiger partial charge in [0.05, 0.1) is 28.9 Å². The third kappa shape index (κ3) is 4.67. The average Bonchev–Trinajstić information content (AvgIpc) is 3.19. The van der Waals surface area contributed by atoms with E-state index >= 15 is 0 Å². The highest BCUT2D eigenvalue weighted by atomic mass is 32.1. The third-order valence-corrected chi connectivity index (χ3v) is 6.61. The van der Waals surface area contributed by atoms with Crippen LogP contribution in [0.25, 0.3) is 10.2 Å². The lowest BCUT2D eigenvalue weighted by Crippen LogP contribution is -2.32. The van der Waals surface area contributed by atoms with Crippen LogP contribution in [0.2, 0.25) is 0 Å². The van der Waals surface area contributed by atoms with Gasteiger partial charge in [-0.15, -0.1) is 0 Å². The first-order chi connectivity index (χ1) is 14.9. The van der Waals surface area contributed by atoms with Crippen molar-refractivity contribution in [2.75, 3.05) is 4.90 Å². The van der Waals surface area contributed by atoms with Gasteiger partial charge in [0.15, 0.2) is 5.13 Å². The molecule has 0 aliphatic heterocycles. The molecule has 158 valence electrons. The van der Waals surface area contributed by atoms with Crippen LogP contribution in [0.5, 0.6) is 0 Å². The van der Waals surface area contributed by atoms with Crippen LogP contribution in [-0.2, 0) is 17.8 Å². The molecule has 2 aromatic heterocycles. The molecule has 0 bridgehead atoms. The predicted molar refractivity (Wildman–Crippen MR) is 129 cm³/mol. The Morgan fingerprint density at radius 3 is 2.58 bits per heavy atom. The maximum Gasteiger partial charge on any atom is 0.233 e. The Kier molecular flexibility index (Phi) is 6.14. The summed E-state index contributed by atoms with van der Waals surface area (Å²) in [7, 11) is 0. The molecule has 5 heteroatoms. The molecule has 0 atom stereocenters. The largest absolute Gasteiger partial charge is 0.282 e. The van der Waals surface area contributed by atoms with E-state index in [2.05, 4.69) is 63.0 Å². The first-order valence-electron chi connectivity index (χ1n) is 10.6. The van der Waals surface area contributed by atoms with Crippen LogP contribution in [0.15, 0.2) is 60.8 Å². The van der Waals surface area contributed by atoms with Crippen molar-refractivity contribution in [1.29, 1.82) is 0 Å². The van der Waals surface area contributed by atoms with Gasteiger partial charge in [0.2, 0.25) is 5.91 Å². The summed E-state index contributed by atoms with van der Waals surface area (Å²) in [5.74, 6) is 0.396. The number of carbonyl (C=O) groups excluding carboxylic acids is 1. The van der Waals surface area contributed by atoms with Gasteiger partial charge in [-0.05, 0) is 60.2 Å². The van der Waals surface area contributed by atoms with E-state index in [0.717, 1.165) is 26.6 Å². The fourth-order valence-electron chi connectivity index (χ4n) is 3.64. The van der Waals surface area contributed by atoms with Crippen LogP contribution in [0.3, 0.4) is 0 Å². The second kappa shape index (κ2) is 8.98. The Morgan fingerprint density at radius 1 is 1.03 bits per heavy atom. The lowest BCUT2D eigenvalue weighted by molar-refractivity contribution is -0.118. The first kappa shape index (κ1) is 21.2. The first-order valence-corrected chi connectivity index (χ1v) is 11.4. The minimum absolute atomic E-state index is 0.0269. The summed E-state index contributed by atoms with van der Waals surface area (Å²) in [5.41, 5.74) is 6.49. The van der Waals surface area contributed by atoms with E-state index < -0.39 is 0 Å². The van der Waals surface area contributed by atoms with Gasteiger partial charge in [-0.25, -0.2) is 4.98 Å². The summed E-state index contributed by atoms with van der Waals surface area (Å²) in [6.45, 7) is 8.91. The minimum Gasteiger partial charge on any atom is -0.282 e. The Labute approximate surface area is 187 Å². The van der Waals surface area contributed by atoms with Gasteiger partial charge >= 0.3 is 0 Å². The zero-order valence-corrected chi connectivity index (χ0v) is 19.2. The molecule has 0 saturated heterocycles. The summed E-state index contributed by atoms with van der Waals surface area (Å²) in [6, 6.07) is 18.3. The summed E-state index contributed by atoms with van der Waals surface area (Å²) < 4.78 is 1.10. The number of nitrogens with zero attached hydrogens (tertiary/aromatic N) is 3. The number of hydrogen-bond acceptors (Lipinski definition) is 4. The minimum atomic E-state index is 0.0269. The lowest BCUT2D eigenvalue weighted by atomic mass is 10.0. The fourth-order valence-corrected chi connectivity index (χ4v) is 4.66. The Hall–Kier alpha value is -3.05. The molecule has 1 amide bonds. The number of anilines is 1. The SMILES string of the molecule is Cc1ccc(CC(=O)N(Cc2ccccn2)c2nc3c(C(C)C)cccc3s2)cc1C. The molecule has 2 aromatic carbocycles. The van der Waals surface area contributed by atoms with Crippen molar-refractivity contribution >= 4 is 32.6 Å². The van der Waals surface area contributed by atoms with Gasteiger partial charge in [-0.2, -0.15) is 0 Å². The van der Waals surface area contributed by atoms with Crippen molar-refractivity contribution < 1.29 is 4.79 Å². The summed E-state index contributed by atoms with van der Waals surface area (Å²) >= 11 is 1.57. The van der Waals surface area contributed by atoms with Crippen LogP contribution in [0.4, 0.5) is 5.13 Å². The van der Waals surface area contributed by atoms with Crippen molar-refractivity contribution in [3.63, 3.8) is 0 Å². The number of thiazole rings is 1. The van der Waals surface area contributed by atoms with E-state index in [1.54, 1.807) is 22.4 Å². The van der Waals surface area contributed by atoms with E-state index in [0.29, 0.717) is 18.9 Å². The highest BCUT2D eigenvalue weighted by molar-refractivity contribution is 7.22. The van der Waals surface area contributed by atoms with Crippen molar-refractivity contribution in [3.05, 3.63) is 88.7 Å². The van der Waals surface area contributed by atoms with Crippen molar-refractivity contribution in [2.24, 2.45) is 0 Å². The number of fused-ring (bicyclic) bond motifs is 1. The fraction of sp³-hybridized carbons (Fsp3) is 0.269. The molecule has 0 N–H and O–H groups in total. The highest BCUT2D eigenvalue weighted by Gasteiger charge is 2.22. The number of carbonyl (C=O) groups is 1. The number of aromatic nitrogens is 2. The zero-order chi connectivity index (χ0) is 22.0. The molecule has 0 aliphatic carbocycles. The molecule has 2 heterocycles. The normalized spacial score (nSPS) is 11.3. The lowest BCUT2D eigenvalue weighted by Gasteiger charge is -2.20. The number of aryl methyl sites for hydroxylation is 2. The molecule has 0 saturated carbocycles. The molecule has 0 radical (unpaired) electrons. The molecule has 4 nitrogen and oxygen atoms in total. The number of amides is 1. The van der Waals surface area contributed by atoms with E-state index in [9.17, 15) is 4.79 Å². The molecule has 31 heavy (non-hydrogen) atoms. The van der Waals surface area contributed by atoms with Gasteiger partial charge in [0, 0.05) is 6.20 Å². The van der Waals surface area contributed by atoms with Crippen molar-refractivity contribution in [3.8, 4) is 0 Å². The van der Waals surface area contributed by atoms with Crippen molar-refractivity contribution in [1.82, 2.24) is 9.97 Å². The smallest absolute Gasteiger partial charge is 0.233 e. The standard InChI is InChI=1S/C26H27N3OS/c1-17(2)22-9-7-10-23-25(22)28-26(31-23)29(16-21-8-5-6-13-27-21)24(30)15-20-12-11-18(3)19(4)14-20/h5-14,17H,15-16H2,1-4H3. The van der Waals surface area contributed by atoms with Gasteiger partial charge < -0.3 is 0 Å². The highest BCUT2D eigenvalue weighted by Crippen LogP contribution is 2.34. The van der Waals surface area contributed by atoms with Crippen LogP contribution in [0.1, 0.15) is 47.7 Å². The second-order valence-corrected chi connectivity index (χ2v) is 9.25. The van der Waals surface area contributed by atoms with E-state index in [1.165, 1.54) is 16.7 Å². The molecule has 4 aromatic rings. The van der Waals surface area contributed by atoms with Crippen molar-refractivity contribution in [2.45, 2.75) is 46.6 Å². The third-order valence-electron chi connectivity index (χ3n) is 5.57. The van der Waals surface area contributed by atoms with E-state index in [4.69, 9.17) is 4.98 Å². The number of hydrogen-bond donors (Lipinski definition) is 0. The molecule has 0 fully saturated rings. The molecule has 4 rings (SSSR count). The average molecular weight is 430 g/mol. The van der Waals surface area contributed by atoms with Crippen LogP contribution in [-0.4, -0.2) is 15.9 Å². The Morgan fingerprint density at radius 2 is 1.87 bits per heavy atom. The summed E-state index contributed by atoms with van der Waals surface area (Å²) in [5, 5.41) is 0.725. The topological polar surface area (TPSA) is 46.1 Å². The Balaban J connectivity index is 1.72. The van der Waals surface area contributed by atoms with Crippen LogP contribution in [0, 0.1) is 13.8 Å². The quantitative estimate of drug-likeness (QED) is 0.366. The summed E-state index contributed by atoms with van der Waals surface area (Å²) in [6.07, 6.45) is 2.09. The molecular weight excluding hydrogens is 402 g/mol. The Bertz CT molecular complexity index is 1210. The zero-order valence-electron chi connectivity index (χ0n) is 18.4. The maximum absolute atomic E-state index is 13.5. The predicted octanol–water partition coefficient (Wildman–Crippen LogP) is 6.21. The number of benzene rings is 2. The van der Waals surface area contributed by atoms with Crippen LogP contribution >= 0.6 is 11.3 Å². The number of para-hydroxylation sites is 1. The monoisotopic (exact) mass is 429 g/mol. The van der Waals surface area contributed by atoms with Gasteiger partial charge in [0.1, 0.15) is 0 Å². The maximum atomic E-state index is 13.5. The molecular formula is C26H27N3OS. The number of rotatable bonds is 6. The van der Waals surface area contributed by atoms with E-state index in [1.807, 2.05) is 24.3 Å². The second-order valence-electron chi connectivity index (χ2n) is 8.24. The van der Waals surface area contributed by atoms with E-state index in [-0.39, 0.29) is 5.91 Å². The van der Waals surface area contributed by atoms with Gasteiger partial charge in [-0.1, -0.05) is 61.6 Å². The van der Waals surface area contributed by atoms with Gasteiger partial charge in [0.25, 0.3) is 0 Å². The molecule has 0 spiro atoms. The molecule has 0 aliphatic rings. The summed E-state index contributed by atoms with van der Waals surface area (Å²) in [4.78, 5) is 24.6. The van der Waals surface area contributed by atoms with Gasteiger partial charge in [-0.3, -0.25) is 14.7 Å². The number of pyridine rings is 1. The van der Waals surface area contributed by atoms with Crippen LogP contribution < -0.4 is 4.90 Å².